The molecule has 0 aliphatic carbocycles. The van der Waals surface area contributed by atoms with Crippen LogP contribution in [0.3, 0.4) is 0 Å². The quantitative estimate of drug-likeness (QED) is 0.777. The van der Waals surface area contributed by atoms with Crippen molar-refractivity contribution in [1.29, 1.82) is 0 Å². The molecule has 104 valence electrons. The predicted octanol–water partition coefficient (Wildman–Crippen LogP) is 2.41. The van der Waals surface area contributed by atoms with Gasteiger partial charge in [-0.15, -0.1) is 0 Å². The average molecular weight is 328 g/mol. The van der Waals surface area contributed by atoms with Gasteiger partial charge in [0.2, 0.25) is 5.91 Å². The van der Waals surface area contributed by atoms with E-state index in [2.05, 4.69) is 31.9 Å². The molecule has 0 aromatic heterocycles. The lowest BCUT2D eigenvalue weighted by atomic mass is 10.2. The van der Waals surface area contributed by atoms with Crippen molar-refractivity contribution in [2.75, 3.05) is 18.4 Å². The highest BCUT2D eigenvalue weighted by Crippen LogP contribution is 2.20. The molecule has 3 N–H and O–H groups in total. The van der Waals surface area contributed by atoms with E-state index in [1.54, 1.807) is 0 Å². The van der Waals surface area contributed by atoms with Gasteiger partial charge in [-0.2, -0.15) is 0 Å². The van der Waals surface area contributed by atoms with Crippen LogP contribution in [0.25, 0.3) is 0 Å². The van der Waals surface area contributed by atoms with E-state index >= 15 is 0 Å². The van der Waals surface area contributed by atoms with Crippen LogP contribution in [-0.4, -0.2) is 25.0 Å². The van der Waals surface area contributed by atoms with Crippen LogP contribution in [0.2, 0.25) is 0 Å². The Kier molecular flexibility index (Phi) is 6.35. The molecule has 0 aliphatic heterocycles. The third kappa shape index (κ3) is 5.74. The molecule has 0 unspecified atom stereocenters. The second-order valence-corrected chi connectivity index (χ2v) is 5.03. The zero-order valence-corrected chi connectivity index (χ0v) is 12.6. The number of benzene rings is 1. The Balaban J connectivity index is 2.43. The van der Waals surface area contributed by atoms with Crippen molar-refractivity contribution >= 4 is 33.6 Å². The monoisotopic (exact) mass is 327 g/mol. The Morgan fingerprint density at radius 3 is 2.68 bits per heavy atom. The Morgan fingerprint density at radius 2 is 2.00 bits per heavy atom. The molecule has 19 heavy (non-hydrogen) atoms. The molecule has 0 spiro atoms. The maximum Gasteiger partial charge on any atom is 0.319 e. The number of hydrogen-bond acceptors (Lipinski definition) is 2. The molecule has 0 saturated heterocycles. The summed E-state index contributed by atoms with van der Waals surface area (Å²) in [5, 5.41) is 7.89. The molecule has 5 nitrogen and oxygen atoms in total. The first kappa shape index (κ1) is 15.5. The second-order valence-electron chi connectivity index (χ2n) is 4.12. The number of nitrogens with one attached hydrogen (secondary N) is 3. The fourth-order valence-corrected chi connectivity index (χ4v) is 1.74. The lowest BCUT2D eigenvalue weighted by Gasteiger charge is -2.10. The lowest BCUT2D eigenvalue weighted by molar-refractivity contribution is -0.120. The lowest BCUT2D eigenvalue weighted by Crippen LogP contribution is -2.39. The summed E-state index contributed by atoms with van der Waals surface area (Å²) in [6.45, 7) is 4.46. The molecule has 3 amide bonds. The van der Waals surface area contributed by atoms with Gasteiger partial charge in [0.1, 0.15) is 0 Å². The van der Waals surface area contributed by atoms with Crippen LogP contribution in [0.1, 0.15) is 18.9 Å². The third-order valence-electron chi connectivity index (χ3n) is 2.43. The number of hydrogen-bond donors (Lipinski definition) is 3. The Hall–Kier alpha value is -1.56. The molecule has 6 heteroatoms. The zero-order valence-electron chi connectivity index (χ0n) is 11.0. The van der Waals surface area contributed by atoms with Gasteiger partial charge in [-0.3, -0.25) is 4.79 Å². The zero-order chi connectivity index (χ0) is 14.3. The van der Waals surface area contributed by atoms with Gasteiger partial charge in [0.05, 0.1) is 6.54 Å². The van der Waals surface area contributed by atoms with Gasteiger partial charge in [-0.25, -0.2) is 4.79 Å². The number of carbonyl (C=O) groups is 2. The van der Waals surface area contributed by atoms with Crippen LogP contribution in [0.15, 0.2) is 22.7 Å². The first-order valence-electron chi connectivity index (χ1n) is 6.10. The number of urea groups is 1. The molecule has 1 aromatic carbocycles. The smallest absolute Gasteiger partial charge is 0.319 e. The van der Waals surface area contributed by atoms with Gasteiger partial charge in [-0.05, 0) is 31.0 Å². The number of rotatable bonds is 5. The second kappa shape index (κ2) is 7.78. The van der Waals surface area contributed by atoms with Gasteiger partial charge in [0, 0.05) is 16.7 Å². The Morgan fingerprint density at radius 1 is 1.26 bits per heavy atom. The van der Waals surface area contributed by atoms with E-state index in [1.807, 2.05) is 32.0 Å². The topological polar surface area (TPSA) is 70.2 Å². The van der Waals surface area contributed by atoms with Gasteiger partial charge in [0.15, 0.2) is 0 Å². The highest BCUT2D eigenvalue weighted by molar-refractivity contribution is 9.10. The van der Waals surface area contributed by atoms with E-state index in [1.165, 1.54) is 0 Å². The highest BCUT2D eigenvalue weighted by Gasteiger charge is 2.06. The molecular weight excluding hydrogens is 310 g/mol. The summed E-state index contributed by atoms with van der Waals surface area (Å²) in [7, 11) is 0. The molecule has 0 radical (unpaired) electrons. The van der Waals surface area contributed by atoms with Crippen LogP contribution >= 0.6 is 15.9 Å². The van der Waals surface area contributed by atoms with Crippen molar-refractivity contribution in [3.05, 3.63) is 28.2 Å². The van der Waals surface area contributed by atoms with E-state index < -0.39 is 6.03 Å². The van der Waals surface area contributed by atoms with Crippen LogP contribution in [-0.2, 0) is 4.79 Å². The Labute approximate surface area is 121 Å². The normalized spacial score (nSPS) is 9.84. The first-order chi connectivity index (χ1) is 9.02. The summed E-state index contributed by atoms with van der Waals surface area (Å²) in [6.07, 6.45) is 0.870. The van der Waals surface area contributed by atoms with E-state index in [9.17, 15) is 9.59 Å². The molecule has 1 rings (SSSR count). The average Bonchev–Trinajstić information content (AvgIpc) is 2.38. The van der Waals surface area contributed by atoms with Crippen LogP contribution in [0.5, 0.6) is 0 Å². The van der Waals surface area contributed by atoms with Crippen LogP contribution in [0, 0.1) is 6.92 Å². The van der Waals surface area contributed by atoms with E-state index in [0.29, 0.717) is 12.2 Å². The summed E-state index contributed by atoms with van der Waals surface area (Å²) in [5.41, 5.74) is 1.66. The van der Waals surface area contributed by atoms with Gasteiger partial charge in [0.25, 0.3) is 0 Å². The molecule has 0 fully saturated rings. The maximum absolute atomic E-state index is 11.6. The molecule has 1 aromatic rings. The molecule has 0 heterocycles. The van der Waals surface area contributed by atoms with Crippen molar-refractivity contribution in [1.82, 2.24) is 10.6 Å². The first-order valence-corrected chi connectivity index (χ1v) is 6.90. The summed E-state index contributed by atoms with van der Waals surface area (Å²) < 4.78 is 0.883. The van der Waals surface area contributed by atoms with Crippen LogP contribution in [0.4, 0.5) is 10.5 Å². The fraction of sp³-hybridized carbons (Fsp3) is 0.385. The van der Waals surface area contributed by atoms with E-state index in [0.717, 1.165) is 16.5 Å². The van der Waals surface area contributed by atoms with Gasteiger partial charge < -0.3 is 16.0 Å². The third-order valence-corrected chi connectivity index (χ3v) is 2.92. The molecule has 0 aliphatic rings. The fourth-order valence-electron chi connectivity index (χ4n) is 1.38. The van der Waals surface area contributed by atoms with E-state index in [4.69, 9.17) is 0 Å². The van der Waals surface area contributed by atoms with Crippen molar-refractivity contribution in [3.8, 4) is 0 Å². The number of aryl methyl sites for hydroxylation is 1. The predicted molar refractivity (Wildman–Crippen MR) is 79.2 cm³/mol. The van der Waals surface area contributed by atoms with Crippen molar-refractivity contribution in [3.63, 3.8) is 0 Å². The minimum absolute atomic E-state index is 0.0289. The summed E-state index contributed by atoms with van der Waals surface area (Å²) in [4.78, 5) is 23.0. The number of anilines is 1. The standard InChI is InChI=1S/C13H18BrN3O2/c1-3-6-15-12(18)8-16-13(19)17-11-7-10(14)5-4-9(11)2/h4-5,7H,3,6,8H2,1-2H3,(H,15,18)(H2,16,17,19). The minimum atomic E-state index is -0.396. The molecule has 0 bridgehead atoms. The SMILES string of the molecule is CCCNC(=O)CNC(=O)Nc1cc(Br)ccc1C. The van der Waals surface area contributed by atoms with Crippen molar-refractivity contribution < 1.29 is 9.59 Å². The van der Waals surface area contributed by atoms with Crippen molar-refractivity contribution in [2.45, 2.75) is 20.3 Å². The summed E-state index contributed by atoms with van der Waals surface area (Å²) >= 11 is 3.34. The highest BCUT2D eigenvalue weighted by atomic mass is 79.9. The summed E-state index contributed by atoms with van der Waals surface area (Å²) in [6, 6.07) is 5.21. The number of carbonyl (C=O) groups excluding carboxylic acids is 2. The Bertz CT molecular complexity index is 463. The minimum Gasteiger partial charge on any atom is -0.355 e. The summed E-state index contributed by atoms with van der Waals surface area (Å²) in [5.74, 6) is -0.192. The largest absolute Gasteiger partial charge is 0.355 e. The number of amides is 3. The van der Waals surface area contributed by atoms with Gasteiger partial charge >= 0.3 is 6.03 Å². The maximum atomic E-state index is 11.6. The van der Waals surface area contributed by atoms with Crippen molar-refractivity contribution in [2.24, 2.45) is 0 Å². The number of halogens is 1. The van der Waals surface area contributed by atoms with E-state index in [-0.39, 0.29) is 12.5 Å². The molecule has 0 atom stereocenters. The molecule has 0 saturated carbocycles. The van der Waals surface area contributed by atoms with Crippen LogP contribution < -0.4 is 16.0 Å². The van der Waals surface area contributed by atoms with Gasteiger partial charge in [-0.1, -0.05) is 28.9 Å². The molecular formula is C13H18BrN3O2.